The largest absolute Gasteiger partial charge is 0.481 e. The van der Waals surface area contributed by atoms with Crippen molar-refractivity contribution >= 4 is 12.0 Å². The van der Waals surface area contributed by atoms with E-state index in [0.717, 1.165) is 25.9 Å². The Balaban J connectivity index is 2.53. The third-order valence-corrected chi connectivity index (χ3v) is 3.89. The Morgan fingerprint density at radius 2 is 2.11 bits per heavy atom. The first-order chi connectivity index (χ1) is 8.93. The van der Waals surface area contributed by atoms with Crippen molar-refractivity contribution in [2.75, 3.05) is 13.1 Å². The van der Waals surface area contributed by atoms with Crippen LogP contribution in [0.1, 0.15) is 46.5 Å². The van der Waals surface area contributed by atoms with Gasteiger partial charge in [-0.25, -0.2) is 4.79 Å². The fraction of sp³-hybridized carbons (Fsp3) is 0.857. The molecule has 1 aliphatic rings. The summed E-state index contributed by atoms with van der Waals surface area (Å²) in [5.74, 6) is -0.174. The third kappa shape index (κ3) is 5.09. The van der Waals surface area contributed by atoms with E-state index >= 15 is 0 Å². The van der Waals surface area contributed by atoms with Crippen LogP contribution in [0.2, 0.25) is 0 Å². The number of carboxylic acids is 1. The fourth-order valence-corrected chi connectivity index (χ4v) is 2.47. The Labute approximate surface area is 115 Å². The zero-order valence-electron chi connectivity index (χ0n) is 12.2. The van der Waals surface area contributed by atoms with E-state index in [1.165, 1.54) is 6.42 Å². The molecule has 2 amide bonds. The van der Waals surface area contributed by atoms with Crippen LogP contribution in [0.25, 0.3) is 0 Å². The maximum absolute atomic E-state index is 12.2. The highest BCUT2D eigenvalue weighted by atomic mass is 16.4. The summed E-state index contributed by atoms with van der Waals surface area (Å²) in [4.78, 5) is 24.8. The number of rotatable bonds is 5. The number of likely N-dealkylation sites (tertiary alicyclic amines) is 1. The smallest absolute Gasteiger partial charge is 0.317 e. The molecule has 1 aliphatic heterocycles. The molecule has 0 radical (unpaired) electrons. The molecule has 0 aromatic carbocycles. The van der Waals surface area contributed by atoms with Crippen LogP contribution >= 0.6 is 0 Å². The van der Waals surface area contributed by atoms with Gasteiger partial charge in [-0.1, -0.05) is 27.2 Å². The molecule has 110 valence electrons. The van der Waals surface area contributed by atoms with Gasteiger partial charge in [-0.05, 0) is 24.7 Å². The molecule has 2 atom stereocenters. The van der Waals surface area contributed by atoms with Gasteiger partial charge < -0.3 is 15.3 Å². The standard InChI is InChI=1S/C14H26N2O3/c1-4-11-6-5-7-16(9-11)14(19)15-12(10(2)3)8-13(17)18/h10-12H,4-9H2,1-3H3,(H,15,19)(H,17,18). The maximum Gasteiger partial charge on any atom is 0.317 e. The Morgan fingerprint density at radius 3 is 2.63 bits per heavy atom. The number of nitrogens with one attached hydrogen (secondary N) is 1. The highest BCUT2D eigenvalue weighted by Crippen LogP contribution is 2.19. The van der Waals surface area contributed by atoms with Crippen LogP contribution in [-0.4, -0.2) is 41.1 Å². The average molecular weight is 270 g/mol. The number of aliphatic carboxylic acids is 1. The number of piperidine rings is 1. The van der Waals surface area contributed by atoms with E-state index in [1.807, 2.05) is 18.7 Å². The van der Waals surface area contributed by atoms with Crippen LogP contribution in [0.3, 0.4) is 0 Å². The molecular weight excluding hydrogens is 244 g/mol. The fourth-order valence-electron chi connectivity index (χ4n) is 2.47. The van der Waals surface area contributed by atoms with E-state index in [1.54, 1.807) is 0 Å². The summed E-state index contributed by atoms with van der Waals surface area (Å²) in [6.07, 6.45) is 3.29. The van der Waals surface area contributed by atoms with Crippen molar-refractivity contribution in [3.63, 3.8) is 0 Å². The lowest BCUT2D eigenvalue weighted by atomic mass is 9.96. The van der Waals surface area contributed by atoms with E-state index in [-0.39, 0.29) is 24.4 Å². The van der Waals surface area contributed by atoms with Crippen LogP contribution in [0.5, 0.6) is 0 Å². The number of hydrogen-bond donors (Lipinski definition) is 2. The predicted octanol–water partition coefficient (Wildman–Crippen LogP) is 2.32. The van der Waals surface area contributed by atoms with Gasteiger partial charge in [0.1, 0.15) is 0 Å². The number of nitrogens with zero attached hydrogens (tertiary/aromatic N) is 1. The van der Waals surface area contributed by atoms with Crippen LogP contribution in [0.4, 0.5) is 4.79 Å². The average Bonchev–Trinajstić information content (AvgIpc) is 2.37. The third-order valence-electron chi connectivity index (χ3n) is 3.89. The van der Waals surface area contributed by atoms with Crippen molar-refractivity contribution < 1.29 is 14.7 Å². The molecule has 1 fully saturated rings. The monoisotopic (exact) mass is 270 g/mol. The van der Waals surface area contributed by atoms with Crippen molar-refractivity contribution in [2.45, 2.75) is 52.5 Å². The predicted molar refractivity (Wildman–Crippen MR) is 74.0 cm³/mol. The second-order valence-corrected chi connectivity index (χ2v) is 5.76. The number of urea groups is 1. The number of amides is 2. The summed E-state index contributed by atoms with van der Waals surface area (Å²) in [5, 5.41) is 11.7. The first kappa shape index (κ1) is 15.8. The van der Waals surface area contributed by atoms with Gasteiger partial charge in [-0.15, -0.1) is 0 Å². The Morgan fingerprint density at radius 1 is 1.42 bits per heavy atom. The van der Waals surface area contributed by atoms with Gasteiger partial charge in [0.05, 0.1) is 6.42 Å². The van der Waals surface area contributed by atoms with Gasteiger partial charge in [0, 0.05) is 19.1 Å². The normalized spacial score (nSPS) is 21.3. The summed E-state index contributed by atoms with van der Waals surface area (Å²) in [5.41, 5.74) is 0. The molecule has 1 saturated heterocycles. The quantitative estimate of drug-likeness (QED) is 0.805. The maximum atomic E-state index is 12.2. The molecule has 2 unspecified atom stereocenters. The molecule has 19 heavy (non-hydrogen) atoms. The van der Waals surface area contributed by atoms with Gasteiger partial charge in [-0.2, -0.15) is 0 Å². The van der Waals surface area contributed by atoms with Crippen LogP contribution in [0, 0.1) is 11.8 Å². The molecule has 0 aromatic rings. The first-order valence-electron chi connectivity index (χ1n) is 7.21. The lowest BCUT2D eigenvalue weighted by Gasteiger charge is -2.34. The Hall–Kier alpha value is -1.26. The lowest BCUT2D eigenvalue weighted by molar-refractivity contribution is -0.137. The molecule has 0 aliphatic carbocycles. The molecule has 1 heterocycles. The second kappa shape index (κ2) is 7.36. The molecule has 0 saturated carbocycles. The zero-order chi connectivity index (χ0) is 14.4. The molecule has 0 aromatic heterocycles. The minimum atomic E-state index is -0.871. The van der Waals surface area contributed by atoms with Crippen molar-refractivity contribution in [2.24, 2.45) is 11.8 Å². The SMILES string of the molecule is CCC1CCCN(C(=O)NC(CC(=O)O)C(C)C)C1. The minimum Gasteiger partial charge on any atom is -0.481 e. The van der Waals surface area contributed by atoms with Crippen molar-refractivity contribution in [3.8, 4) is 0 Å². The number of hydrogen-bond acceptors (Lipinski definition) is 2. The molecule has 5 heteroatoms. The van der Waals surface area contributed by atoms with Gasteiger partial charge in [0.25, 0.3) is 0 Å². The first-order valence-corrected chi connectivity index (χ1v) is 7.21. The summed E-state index contributed by atoms with van der Waals surface area (Å²) >= 11 is 0. The molecular formula is C14H26N2O3. The van der Waals surface area contributed by atoms with Gasteiger partial charge in [0.15, 0.2) is 0 Å². The Kier molecular flexibility index (Phi) is 6.12. The molecule has 1 rings (SSSR count). The topological polar surface area (TPSA) is 69.6 Å². The van der Waals surface area contributed by atoms with Crippen molar-refractivity contribution in [3.05, 3.63) is 0 Å². The van der Waals surface area contributed by atoms with Gasteiger partial charge >= 0.3 is 12.0 Å². The summed E-state index contributed by atoms with van der Waals surface area (Å²) < 4.78 is 0. The summed E-state index contributed by atoms with van der Waals surface area (Å²) in [6.45, 7) is 7.58. The van der Waals surface area contributed by atoms with E-state index in [2.05, 4.69) is 12.2 Å². The number of carboxylic acid groups (broad SMARTS) is 1. The molecule has 0 bridgehead atoms. The minimum absolute atomic E-state index is 0.0194. The van der Waals surface area contributed by atoms with E-state index in [4.69, 9.17) is 5.11 Å². The van der Waals surface area contributed by atoms with Gasteiger partial charge in [-0.3, -0.25) is 4.79 Å². The van der Waals surface area contributed by atoms with Crippen molar-refractivity contribution in [1.82, 2.24) is 10.2 Å². The summed E-state index contributed by atoms with van der Waals surface area (Å²) in [6, 6.07) is -0.412. The van der Waals surface area contributed by atoms with Crippen molar-refractivity contribution in [1.29, 1.82) is 0 Å². The van der Waals surface area contributed by atoms with Crippen LogP contribution in [0.15, 0.2) is 0 Å². The second-order valence-electron chi connectivity index (χ2n) is 5.76. The molecule has 0 spiro atoms. The van der Waals surface area contributed by atoms with E-state index < -0.39 is 5.97 Å². The highest BCUT2D eigenvalue weighted by Gasteiger charge is 2.26. The number of carbonyl (C=O) groups excluding carboxylic acids is 1. The van der Waals surface area contributed by atoms with E-state index in [9.17, 15) is 9.59 Å². The molecule has 2 N–H and O–H groups in total. The summed E-state index contributed by atoms with van der Waals surface area (Å²) in [7, 11) is 0. The number of carbonyl (C=O) groups is 2. The molecule has 5 nitrogen and oxygen atoms in total. The van der Waals surface area contributed by atoms with E-state index in [0.29, 0.717) is 5.92 Å². The van der Waals surface area contributed by atoms with Crippen LogP contribution in [-0.2, 0) is 4.79 Å². The lowest BCUT2D eigenvalue weighted by Crippen LogP contribution is -2.50. The zero-order valence-corrected chi connectivity index (χ0v) is 12.2. The Bertz CT molecular complexity index is 318. The van der Waals surface area contributed by atoms with Crippen LogP contribution < -0.4 is 5.32 Å². The van der Waals surface area contributed by atoms with Gasteiger partial charge in [0.2, 0.25) is 0 Å². The highest BCUT2D eigenvalue weighted by molar-refractivity contribution is 5.76.